The van der Waals surface area contributed by atoms with Crippen LogP contribution in [0.1, 0.15) is 19.5 Å². The lowest BCUT2D eigenvalue weighted by atomic mass is 10.1. The second-order valence-corrected chi connectivity index (χ2v) is 5.82. The molecule has 0 aliphatic carbocycles. The van der Waals surface area contributed by atoms with E-state index in [0.29, 0.717) is 30.2 Å². The van der Waals surface area contributed by atoms with Crippen molar-refractivity contribution in [3.63, 3.8) is 0 Å². The highest BCUT2D eigenvalue weighted by Crippen LogP contribution is 2.23. The molecular formula is C17H20N4O4. The Bertz CT molecular complexity index is 777. The summed E-state index contributed by atoms with van der Waals surface area (Å²) in [5.41, 5.74) is 1.48. The average molecular weight is 344 g/mol. The summed E-state index contributed by atoms with van der Waals surface area (Å²) in [6.45, 7) is 3.92. The van der Waals surface area contributed by atoms with Crippen LogP contribution in [0.4, 0.5) is 11.5 Å². The zero-order valence-electron chi connectivity index (χ0n) is 14.3. The second-order valence-electron chi connectivity index (χ2n) is 5.82. The van der Waals surface area contributed by atoms with Crippen LogP contribution in [-0.2, 0) is 11.2 Å². The molecular weight excluding hydrogens is 324 g/mol. The zero-order chi connectivity index (χ0) is 18.6. The van der Waals surface area contributed by atoms with E-state index in [1.807, 2.05) is 13.0 Å². The van der Waals surface area contributed by atoms with E-state index in [0.717, 1.165) is 5.69 Å². The molecule has 1 aromatic carbocycles. The minimum atomic E-state index is -0.868. The molecule has 8 heteroatoms. The maximum atomic E-state index is 11.1. The van der Waals surface area contributed by atoms with Crippen LogP contribution in [0, 0.1) is 16.0 Å². The van der Waals surface area contributed by atoms with E-state index in [9.17, 15) is 14.9 Å². The van der Waals surface area contributed by atoms with E-state index in [4.69, 9.17) is 5.11 Å². The lowest BCUT2D eigenvalue weighted by Gasteiger charge is -2.21. The summed E-state index contributed by atoms with van der Waals surface area (Å²) in [7, 11) is 1.78. The maximum absolute atomic E-state index is 11.1. The van der Waals surface area contributed by atoms with Gasteiger partial charge in [0.2, 0.25) is 0 Å². The van der Waals surface area contributed by atoms with Crippen LogP contribution in [0.5, 0.6) is 0 Å². The molecule has 1 atom stereocenters. The maximum Gasteiger partial charge on any atom is 0.308 e. The fourth-order valence-corrected chi connectivity index (χ4v) is 2.30. The lowest BCUT2D eigenvalue weighted by Crippen LogP contribution is -2.29. The largest absolute Gasteiger partial charge is 0.481 e. The van der Waals surface area contributed by atoms with Gasteiger partial charge < -0.3 is 10.0 Å². The number of aliphatic carboxylic acids is 1. The Labute approximate surface area is 145 Å². The van der Waals surface area contributed by atoms with Crippen LogP contribution in [-0.4, -0.2) is 39.6 Å². The van der Waals surface area contributed by atoms with Crippen molar-refractivity contribution in [1.82, 2.24) is 9.97 Å². The number of hydrogen-bond acceptors (Lipinski definition) is 6. The number of rotatable bonds is 7. The van der Waals surface area contributed by atoms with Crippen molar-refractivity contribution in [2.24, 2.45) is 5.92 Å². The topological polar surface area (TPSA) is 109 Å². The quantitative estimate of drug-likeness (QED) is 0.607. The van der Waals surface area contributed by atoms with Gasteiger partial charge in [0.15, 0.2) is 5.82 Å². The molecule has 25 heavy (non-hydrogen) atoms. The number of aryl methyl sites for hydroxylation is 1. The molecule has 0 saturated carbocycles. The first kappa shape index (κ1) is 18.3. The van der Waals surface area contributed by atoms with Crippen molar-refractivity contribution in [3.05, 3.63) is 46.1 Å². The Kier molecular flexibility index (Phi) is 5.63. The molecule has 1 N–H and O–H groups in total. The summed E-state index contributed by atoms with van der Waals surface area (Å²) in [5.74, 6) is -0.326. The zero-order valence-corrected chi connectivity index (χ0v) is 14.3. The summed E-state index contributed by atoms with van der Waals surface area (Å²) in [4.78, 5) is 32.1. The third-order valence-electron chi connectivity index (χ3n) is 3.82. The van der Waals surface area contributed by atoms with Crippen LogP contribution >= 0.6 is 0 Å². The molecule has 0 amide bonds. The van der Waals surface area contributed by atoms with Crippen LogP contribution in [0.3, 0.4) is 0 Å². The summed E-state index contributed by atoms with van der Waals surface area (Å²) >= 11 is 0. The van der Waals surface area contributed by atoms with Gasteiger partial charge in [-0.15, -0.1) is 0 Å². The van der Waals surface area contributed by atoms with E-state index in [1.165, 1.54) is 12.1 Å². The minimum absolute atomic E-state index is 0.00280. The van der Waals surface area contributed by atoms with E-state index in [-0.39, 0.29) is 5.69 Å². The van der Waals surface area contributed by atoms with Gasteiger partial charge in [0, 0.05) is 43.0 Å². The number of hydrogen-bond donors (Lipinski definition) is 1. The Morgan fingerprint density at radius 1 is 1.32 bits per heavy atom. The van der Waals surface area contributed by atoms with Gasteiger partial charge in [-0.3, -0.25) is 14.9 Å². The van der Waals surface area contributed by atoms with Gasteiger partial charge in [-0.1, -0.05) is 13.8 Å². The minimum Gasteiger partial charge on any atom is -0.481 e. The molecule has 0 fully saturated rings. The molecule has 8 nitrogen and oxygen atoms in total. The Morgan fingerprint density at radius 2 is 1.96 bits per heavy atom. The molecule has 1 unspecified atom stereocenters. The van der Waals surface area contributed by atoms with Gasteiger partial charge in [-0.25, -0.2) is 9.97 Å². The van der Waals surface area contributed by atoms with Crippen molar-refractivity contribution >= 4 is 17.5 Å². The van der Waals surface area contributed by atoms with Crippen molar-refractivity contribution in [3.8, 4) is 11.4 Å². The predicted octanol–water partition coefficient (Wildman–Crippen LogP) is 2.77. The number of benzene rings is 1. The number of carboxylic acid groups (broad SMARTS) is 1. The Hall–Kier alpha value is -3.03. The van der Waals surface area contributed by atoms with Crippen molar-refractivity contribution in [2.75, 3.05) is 18.5 Å². The lowest BCUT2D eigenvalue weighted by molar-refractivity contribution is -0.384. The molecule has 0 spiro atoms. The molecule has 0 aliphatic rings. The van der Waals surface area contributed by atoms with E-state index in [1.54, 1.807) is 31.0 Å². The van der Waals surface area contributed by atoms with Gasteiger partial charge in [-0.05, 0) is 18.6 Å². The molecule has 1 aromatic heterocycles. The first-order valence-electron chi connectivity index (χ1n) is 7.88. The van der Waals surface area contributed by atoms with Crippen LogP contribution in [0.25, 0.3) is 11.4 Å². The highest BCUT2D eigenvalue weighted by Gasteiger charge is 2.16. The molecule has 0 aliphatic heterocycles. The van der Waals surface area contributed by atoms with Gasteiger partial charge >= 0.3 is 5.97 Å². The summed E-state index contributed by atoms with van der Waals surface area (Å²) in [5, 5.41) is 19.8. The highest BCUT2D eigenvalue weighted by molar-refractivity contribution is 5.70. The number of carboxylic acids is 1. The molecule has 0 saturated heterocycles. The number of aromatic nitrogens is 2. The summed E-state index contributed by atoms with van der Waals surface area (Å²) in [6.07, 6.45) is 0.692. The highest BCUT2D eigenvalue weighted by atomic mass is 16.6. The standard InChI is InChI=1S/C17H20N4O4/c1-4-13-9-15(20(3)10-11(2)17(22)23)19-16(18-13)12-5-7-14(8-6-12)21(24)25/h5-9,11H,4,10H2,1-3H3,(H,22,23). The number of nitrogens with zero attached hydrogens (tertiary/aromatic N) is 4. The SMILES string of the molecule is CCc1cc(N(C)CC(C)C(=O)O)nc(-c2ccc([N+](=O)[O-])cc2)n1. The normalized spacial score (nSPS) is 11.8. The van der Waals surface area contributed by atoms with Crippen LogP contribution in [0.2, 0.25) is 0 Å². The molecule has 1 heterocycles. The van der Waals surface area contributed by atoms with Crippen molar-refractivity contribution < 1.29 is 14.8 Å². The van der Waals surface area contributed by atoms with Crippen LogP contribution in [0.15, 0.2) is 30.3 Å². The van der Waals surface area contributed by atoms with Gasteiger partial charge in [0.05, 0.1) is 10.8 Å². The second kappa shape index (κ2) is 7.69. The Balaban J connectivity index is 2.36. The van der Waals surface area contributed by atoms with Gasteiger partial charge in [0.25, 0.3) is 5.69 Å². The third-order valence-corrected chi connectivity index (χ3v) is 3.82. The Morgan fingerprint density at radius 3 is 2.48 bits per heavy atom. The number of non-ortho nitro benzene ring substituents is 1. The average Bonchev–Trinajstić information content (AvgIpc) is 2.61. The number of nitro benzene ring substituents is 1. The third kappa shape index (κ3) is 4.50. The molecule has 0 bridgehead atoms. The predicted molar refractivity (Wildman–Crippen MR) is 93.6 cm³/mol. The summed E-state index contributed by atoms with van der Waals surface area (Å²) < 4.78 is 0. The molecule has 0 radical (unpaired) electrons. The molecule has 2 rings (SSSR count). The van der Waals surface area contributed by atoms with Crippen molar-refractivity contribution in [1.29, 1.82) is 0 Å². The first-order chi connectivity index (χ1) is 11.8. The number of carbonyl (C=O) groups is 1. The molecule has 2 aromatic rings. The number of anilines is 1. The smallest absolute Gasteiger partial charge is 0.308 e. The fraction of sp³-hybridized carbons (Fsp3) is 0.353. The van der Waals surface area contributed by atoms with E-state index in [2.05, 4.69) is 9.97 Å². The van der Waals surface area contributed by atoms with Gasteiger partial charge in [-0.2, -0.15) is 0 Å². The molecule has 132 valence electrons. The fourth-order valence-electron chi connectivity index (χ4n) is 2.30. The van der Waals surface area contributed by atoms with E-state index < -0.39 is 16.8 Å². The van der Waals surface area contributed by atoms with Crippen molar-refractivity contribution in [2.45, 2.75) is 20.3 Å². The summed E-state index contributed by atoms with van der Waals surface area (Å²) in [6, 6.07) is 7.86. The first-order valence-corrected chi connectivity index (χ1v) is 7.88. The van der Waals surface area contributed by atoms with E-state index >= 15 is 0 Å². The monoisotopic (exact) mass is 344 g/mol. The van der Waals surface area contributed by atoms with Crippen LogP contribution < -0.4 is 4.90 Å². The van der Waals surface area contributed by atoms with Gasteiger partial charge in [0.1, 0.15) is 5.82 Å². The number of nitro groups is 1.